The molecule has 6 heteroatoms. The molecular formula is C4H9Cl3O3. The maximum Gasteiger partial charge on any atom is 0.303 e. The van der Waals surface area contributed by atoms with E-state index in [-0.39, 0.29) is 50.1 Å². The first kappa shape index (κ1) is 22.5. The van der Waals surface area contributed by atoms with Gasteiger partial charge in [-0.3, -0.25) is 4.79 Å². The maximum atomic E-state index is 9.60. The van der Waals surface area contributed by atoms with Crippen molar-refractivity contribution in [1.82, 2.24) is 0 Å². The highest BCUT2D eigenvalue weighted by Gasteiger charge is 1.91. The molecular weight excluding hydrogens is 202 g/mol. The predicted octanol–water partition coefficient (Wildman–Crippen LogP) is 1.32. The van der Waals surface area contributed by atoms with E-state index >= 15 is 0 Å². The van der Waals surface area contributed by atoms with Crippen LogP contribution in [0.25, 0.3) is 0 Å². The molecule has 0 bridgehead atoms. The average Bonchev–Trinajstić information content (AvgIpc) is 1.61. The maximum absolute atomic E-state index is 9.60. The van der Waals surface area contributed by atoms with Crippen molar-refractivity contribution in [2.24, 2.45) is 0 Å². The Kier molecular flexibility index (Phi) is 36.0. The summed E-state index contributed by atoms with van der Waals surface area (Å²) in [6, 6.07) is 0. The van der Waals surface area contributed by atoms with Crippen molar-refractivity contribution in [1.29, 1.82) is 0 Å². The summed E-state index contributed by atoms with van der Waals surface area (Å²) in [7, 11) is 0. The zero-order valence-corrected chi connectivity index (χ0v) is 7.43. The molecule has 0 rings (SSSR count). The van der Waals surface area contributed by atoms with Crippen molar-refractivity contribution in [2.75, 3.05) is 0 Å². The third kappa shape index (κ3) is 24.5. The summed E-state index contributed by atoms with van der Waals surface area (Å²) < 4.78 is 0. The average molecular weight is 211 g/mol. The fourth-order valence-electron chi connectivity index (χ4n) is 0.182. The van der Waals surface area contributed by atoms with E-state index in [1.165, 1.54) is 0 Å². The first-order valence-corrected chi connectivity index (χ1v) is 1.93. The number of hydrogen-bond donors (Lipinski definition) is 1. The third-order valence-electron chi connectivity index (χ3n) is 0.476. The minimum Gasteiger partial charge on any atom is -0.481 e. The molecule has 0 aliphatic carbocycles. The van der Waals surface area contributed by atoms with E-state index in [9.17, 15) is 9.59 Å². The number of rotatable bonds is 3. The normalized spacial score (nSPS) is 5.60. The summed E-state index contributed by atoms with van der Waals surface area (Å²) in [5.41, 5.74) is 0. The number of carboxylic acids is 1. The Morgan fingerprint density at radius 1 is 1.30 bits per heavy atom. The second-order valence-electron chi connectivity index (χ2n) is 1.10. The Morgan fingerprint density at radius 3 is 1.80 bits per heavy atom. The van der Waals surface area contributed by atoms with Gasteiger partial charge in [0.15, 0.2) is 0 Å². The van der Waals surface area contributed by atoms with Crippen LogP contribution in [0.5, 0.6) is 0 Å². The van der Waals surface area contributed by atoms with Crippen molar-refractivity contribution < 1.29 is 14.7 Å². The van der Waals surface area contributed by atoms with Gasteiger partial charge in [-0.25, -0.2) is 0 Å². The number of carboxylic acid groups (broad SMARTS) is 1. The quantitative estimate of drug-likeness (QED) is 0.716. The molecule has 1 N–H and O–H groups in total. The number of aliphatic carboxylic acids is 1. The lowest BCUT2D eigenvalue weighted by molar-refractivity contribution is -0.137. The number of aldehydes is 1. The fraction of sp³-hybridized carbons (Fsp3) is 0.500. The van der Waals surface area contributed by atoms with Crippen molar-refractivity contribution in [3.05, 3.63) is 0 Å². The van der Waals surface area contributed by atoms with E-state index in [4.69, 9.17) is 5.11 Å². The van der Waals surface area contributed by atoms with Crippen LogP contribution in [0, 0.1) is 0 Å². The van der Waals surface area contributed by atoms with Crippen LogP contribution in [-0.2, 0) is 9.59 Å². The van der Waals surface area contributed by atoms with Gasteiger partial charge in [-0.05, 0) is 0 Å². The second kappa shape index (κ2) is 16.0. The van der Waals surface area contributed by atoms with Gasteiger partial charge in [-0.15, -0.1) is 37.2 Å². The van der Waals surface area contributed by atoms with Gasteiger partial charge < -0.3 is 9.90 Å². The highest BCUT2D eigenvalue weighted by atomic mass is 35.5. The van der Waals surface area contributed by atoms with E-state index in [2.05, 4.69) is 0 Å². The summed E-state index contributed by atoms with van der Waals surface area (Å²) in [6.07, 6.45) is 0.660. The standard InChI is InChI=1S/C4H6O3.3ClH/c5-3-1-2-4(6)7;;;/h3H,1-2H2,(H,6,7);3*1H. The minimum atomic E-state index is -0.924. The van der Waals surface area contributed by atoms with E-state index in [0.717, 1.165) is 0 Å². The first-order valence-electron chi connectivity index (χ1n) is 1.93. The van der Waals surface area contributed by atoms with Gasteiger partial charge in [0.05, 0.1) is 6.42 Å². The van der Waals surface area contributed by atoms with Gasteiger partial charge in [0.25, 0.3) is 0 Å². The molecule has 0 heterocycles. The molecule has 0 radical (unpaired) electrons. The molecule has 0 unspecified atom stereocenters. The zero-order chi connectivity index (χ0) is 5.70. The Labute approximate surface area is 77.4 Å². The number of halogens is 3. The minimum absolute atomic E-state index is 0. The number of hydrogen-bond acceptors (Lipinski definition) is 2. The van der Waals surface area contributed by atoms with Crippen LogP contribution in [-0.4, -0.2) is 17.4 Å². The molecule has 0 aliphatic heterocycles. The predicted molar refractivity (Wildman–Crippen MR) is 44.7 cm³/mol. The second-order valence-corrected chi connectivity index (χ2v) is 1.10. The molecule has 0 fully saturated rings. The highest BCUT2D eigenvalue weighted by Crippen LogP contribution is 1.80. The summed E-state index contributed by atoms with van der Waals surface area (Å²) in [5.74, 6) is -0.924. The lowest BCUT2D eigenvalue weighted by Crippen LogP contribution is -1.93. The van der Waals surface area contributed by atoms with Gasteiger partial charge >= 0.3 is 5.97 Å². The van der Waals surface area contributed by atoms with Crippen molar-refractivity contribution in [3.63, 3.8) is 0 Å². The monoisotopic (exact) mass is 210 g/mol. The Bertz CT molecular complexity index is 85.8. The lowest BCUT2D eigenvalue weighted by atomic mass is 10.3. The number of carbonyl (C=O) groups excluding carboxylic acids is 1. The van der Waals surface area contributed by atoms with E-state index in [0.29, 0.717) is 6.29 Å². The van der Waals surface area contributed by atoms with Crippen LogP contribution in [0.1, 0.15) is 12.8 Å². The van der Waals surface area contributed by atoms with Crippen LogP contribution in [0.4, 0.5) is 0 Å². The Morgan fingerprint density at radius 2 is 1.70 bits per heavy atom. The molecule has 10 heavy (non-hydrogen) atoms. The van der Waals surface area contributed by atoms with Crippen LogP contribution in [0.15, 0.2) is 0 Å². The van der Waals surface area contributed by atoms with E-state index in [1.807, 2.05) is 0 Å². The zero-order valence-electron chi connectivity index (χ0n) is 4.98. The smallest absolute Gasteiger partial charge is 0.303 e. The van der Waals surface area contributed by atoms with Crippen LogP contribution < -0.4 is 0 Å². The van der Waals surface area contributed by atoms with Gasteiger partial charge in [0, 0.05) is 6.42 Å². The number of carbonyl (C=O) groups is 2. The van der Waals surface area contributed by atoms with Gasteiger partial charge in [-0.2, -0.15) is 0 Å². The molecule has 0 aliphatic rings. The highest BCUT2D eigenvalue weighted by molar-refractivity contribution is 5.86. The molecule has 0 saturated heterocycles. The van der Waals surface area contributed by atoms with Crippen molar-refractivity contribution in [2.45, 2.75) is 12.8 Å². The summed E-state index contributed by atoms with van der Waals surface area (Å²) >= 11 is 0. The summed E-state index contributed by atoms with van der Waals surface area (Å²) in [5, 5.41) is 7.89. The molecule has 64 valence electrons. The van der Waals surface area contributed by atoms with E-state index in [1.54, 1.807) is 0 Å². The summed E-state index contributed by atoms with van der Waals surface area (Å²) in [4.78, 5) is 19.0. The molecule has 0 spiro atoms. The Balaban J connectivity index is -0.0000000600. The van der Waals surface area contributed by atoms with Gasteiger partial charge in [0.1, 0.15) is 6.29 Å². The molecule has 0 amide bonds. The molecule has 0 atom stereocenters. The fourth-order valence-corrected chi connectivity index (χ4v) is 0.182. The van der Waals surface area contributed by atoms with Crippen LogP contribution in [0.2, 0.25) is 0 Å². The van der Waals surface area contributed by atoms with Crippen molar-refractivity contribution in [3.8, 4) is 0 Å². The van der Waals surface area contributed by atoms with Crippen LogP contribution >= 0.6 is 37.2 Å². The topological polar surface area (TPSA) is 54.4 Å². The van der Waals surface area contributed by atoms with Gasteiger partial charge in [0.2, 0.25) is 0 Å². The molecule has 0 aromatic rings. The Hall–Kier alpha value is 0.01000. The molecule has 0 aromatic heterocycles. The van der Waals surface area contributed by atoms with Gasteiger partial charge in [-0.1, -0.05) is 0 Å². The first-order chi connectivity index (χ1) is 3.27. The third-order valence-corrected chi connectivity index (χ3v) is 0.476. The molecule has 0 saturated carbocycles. The largest absolute Gasteiger partial charge is 0.481 e. The van der Waals surface area contributed by atoms with E-state index < -0.39 is 5.97 Å². The SMILES string of the molecule is Cl.Cl.Cl.O=CCCC(=O)O. The molecule has 0 aromatic carbocycles. The molecule has 3 nitrogen and oxygen atoms in total. The van der Waals surface area contributed by atoms with Crippen LogP contribution in [0.3, 0.4) is 0 Å². The lowest BCUT2D eigenvalue weighted by Gasteiger charge is -1.79. The summed E-state index contributed by atoms with van der Waals surface area (Å²) in [6.45, 7) is 0. The van der Waals surface area contributed by atoms with Crippen molar-refractivity contribution >= 4 is 49.5 Å².